The van der Waals surface area contributed by atoms with Gasteiger partial charge >= 0.3 is 0 Å². The monoisotopic (exact) mass is 404 g/mol. The van der Waals surface area contributed by atoms with Gasteiger partial charge in [-0.1, -0.05) is 25.5 Å². The number of para-hydroxylation sites is 1. The van der Waals surface area contributed by atoms with Crippen molar-refractivity contribution in [3.8, 4) is 23.3 Å². The van der Waals surface area contributed by atoms with Crippen molar-refractivity contribution in [2.75, 3.05) is 19.5 Å². The van der Waals surface area contributed by atoms with Crippen LogP contribution in [0.5, 0.6) is 17.2 Å². The fraction of sp³-hybridized carbons (Fsp3) is 0.261. The van der Waals surface area contributed by atoms with E-state index in [4.69, 9.17) is 9.47 Å². The van der Waals surface area contributed by atoms with Crippen molar-refractivity contribution < 1.29 is 14.3 Å². The van der Waals surface area contributed by atoms with Crippen LogP contribution in [0.4, 0.5) is 11.4 Å². The summed E-state index contributed by atoms with van der Waals surface area (Å²) in [5.41, 5.74) is 3.50. The second-order valence-corrected chi connectivity index (χ2v) is 6.64. The van der Waals surface area contributed by atoms with Crippen molar-refractivity contribution in [1.29, 1.82) is 5.26 Å². The van der Waals surface area contributed by atoms with E-state index in [-0.39, 0.29) is 5.91 Å². The lowest BCUT2D eigenvalue weighted by Gasteiger charge is -2.27. The van der Waals surface area contributed by atoms with E-state index >= 15 is 0 Å². The highest BCUT2D eigenvalue weighted by Gasteiger charge is 2.29. The predicted molar refractivity (Wildman–Crippen MR) is 116 cm³/mol. The van der Waals surface area contributed by atoms with Crippen LogP contribution >= 0.6 is 0 Å². The summed E-state index contributed by atoms with van der Waals surface area (Å²) in [4.78, 5) is 17.0. The zero-order valence-corrected chi connectivity index (χ0v) is 17.5. The quantitative estimate of drug-likeness (QED) is 0.446. The number of carbonyl (C=O) groups is 1. The number of fused-ring (bicyclic) bond motifs is 2. The number of anilines is 2. The molecule has 2 N–H and O–H groups in total. The zero-order chi connectivity index (χ0) is 21.7. The number of hydrogen-bond acceptors (Lipinski definition) is 6. The van der Waals surface area contributed by atoms with Gasteiger partial charge in [-0.3, -0.25) is 9.78 Å². The van der Waals surface area contributed by atoms with Crippen LogP contribution in [0.25, 0.3) is 5.57 Å². The Morgan fingerprint density at radius 2 is 2.20 bits per heavy atom. The third-order valence-electron chi connectivity index (χ3n) is 4.77. The summed E-state index contributed by atoms with van der Waals surface area (Å²) in [5.74, 6) is 1.34. The maximum absolute atomic E-state index is 12.5. The van der Waals surface area contributed by atoms with Crippen molar-refractivity contribution >= 4 is 22.9 Å². The Balaban J connectivity index is 2.24. The number of ether oxygens (including phenoxy) is 2. The van der Waals surface area contributed by atoms with Crippen molar-refractivity contribution in [3.05, 3.63) is 53.4 Å². The van der Waals surface area contributed by atoms with Gasteiger partial charge < -0.3 is 20.1 Å². The summed E-state index contributed by atoms with van der Waals surface area (Å²) < 4.78 is 11.7. The molecule has 2 aromatic rings. The van der Waals surface area contributed by atoms with Gasteiger partial charge in [-0.2, -0.15) is 5.26 Å². The van der Waals surface area contributed by atoms with E-state index in [0.29, 0.717) is 51.9 Å². The largest absolute Gasteiger partial charge is 0.494 e. The van der Waals surface area contributed by atoms with Gasteiger partial charge in [-0.15, -0.1) is 0 Å². The molecule has 0 fully saturated rings. The second-order valence-electron chi connectivity index (χ2n) is 6.64. The molecule has 30 heavy (non-hydrogen) atoms. The number of nitrogens with one attached hydrogen (secondary N) is 2. The lowest BCUT2D eigenvalue weighted by atomic mass is 10.00. The summed E-state index contributed by atoms with van der Waals surface area (Å²) >= 11 is 0. The molecule has 0 spiro atoms. The summed E-state index contributed by atoms with van der Waals surface area (Å²) in [6, 6.07) is 7.64. The maximum Gasteiger partial charge on any atom is 0.254 e. The van der Waals surface area contributed by atoms with E-state index in [1.165, 1.54) is 6.20 Å². The first-order valence-electron chi connectivity index (χ1n) is 9.72. The molecule has 1 aliphatic rings. The molecule has 7 nitrogen and oxygen atoms in total. The number of methoxy groups -OCH3 is 1. The van der Waals surface area contributed by atoms with E-state index in [9.17, 15) is 10.1 Å². The number of benzene rings is 1. The zero-order valence-electron chi connectivity index (χ0n) is 17.5. The topological polar surface area (TPSA) is 96.3 Å². The Labute approximate surface area is 176 Å². The van der Waals surface area contributed by atoms with E-state index in [1.807, 2.05) is 31.2 Å². The molecule has 1 aliphatic heterocycles. The SMILES string of the molecule is C/C=C(C#N)\C=C(/CCC)c1ncc(C(=O)NC)c2c1Oc1cccc(OC)c1N2. The number of nitrogens with zero attached hydrogens (tertiary/aromatic N) is 2. The molecule has 154 valence electrons. The Morgan fingerprint density at radius 3 is 2.83 bits per heavy atom. The molecule has 1 amide bonds. The summed E-state index contributed by atoms with van der Waals surface area (Å²) in [7, 11) is 3.14. The molecule has 0 bridgehead atoms. The third-order valence-corrected chi connectivity index (χ3v) is 4.77. The van der Waals surface area contributed by atoms with Gasteiger partial charge in [-0.05, 0) is 37.1 Å². The fourth-order valence-electron chi connectivity index (χ4n) is 3.27. The molecule has 3 rings (SSSR count). The number of carbonyl (C=O) groups excluding carboxylic acids is 1. The van der Waals surface area contributed by atoms with Gasteiger partial charge in [0.25, 0.3) is 5.91 Å². The molecule has 7 heteroatoms. The van der Waals surface area contributed by atoms with Crippen molar-refractivity contribution in [3.63, 3.8) is 0 Å². The molecule has 0 unspecified atom stereocenters. The van der Waals surface area contributed by atoms with Crippen LogP contribution in [0.15, 0.2) is 42.1 Å². The molecular weight excluding hydrogens is 380 g/mol. The number of amides is 1. The average Bonchev–Trinajstić information content (AvgIpc) is 2.78. The van der Waals surface area contributed by atoms with Crippen LogP contribution in [-0.2, 0) is 0 Å². The van der Waals surface area contributed by atoms with Gasteiger partial charge in [0.2, 0.25) is 0 Å². The van der Waals surface area contributed by atoms with Gasteiger partial charge in [0, 0.05) is 18.8 Å². The summed E-state index contributed by atoms with van der Waals surface area (Å²) in [5, 5.41) is 15.3. The van der Waals surface area contributed by atoms with Crippen LogP contribution < -0.4 is 20.1 Å². The molecule has 1 aromatic heterocycles. The standard InChI is InChI=1S/C23H24N4O3/c1-5-8-15(11-14(6-2)12-24)19-22-20(16(13-26-19)23(28)25-3)27-21-17(29-4)9-7-10-18(21)30-22/h6-7,9-11,13,27H,5,8H2,1-4H3,(H,25,28)/b14-6+,15-11+. The van der Waals surface area contributed by atoms with Crippen LogP contribution in [0.2, 0.25) is 0 Å². The number of allylic oxidation sites excluding steroid dienone is 4. The fourth-order valence-corrected chi connectivity index (χ4v) is 3.27. The van der Waals surface area contributed by atoms with Crippen molar-refractivity contribution in [2.45, 2.75) is 26.7 Å². The van der Waals surface area contributed by atoms with Crippen LogP contribution in [0.1, 0.15) is 42.7 Å². The number of pyridine rings is 1. The average molecular weight is 404 g/mol. The molecule has 0 saturated carbocycles. The first kappa shape index (κ1) is 20.9. The third kappa shape index (κ3) is 3.85. The normalized spacial score (nSPS) is 12.6. The predicted octanol–water partition coefficient (Wildman–Crippen LogP) is 4.95. The highest BCUT2D eigenvalue weighted by molar-refractivity contribution is 6.03. The van der Waals surface area contributed by atoms with Gasteiger partial charge in [-0.25, -0.2) is 0 Å². The summed E-state index contributed by atoms with van der Waals surface area (Å²) in [6.07, 6.45) is 6.65. The number of rotatable bonds is 6. The maximum atomic E-state index is 12.5. The molecule has 2 heterocycles. The number of hydrogen-bond donors (Lipinski definition) is 2. The lowest BCUT2D eigenvalue weighted by Crippen LogP contribution is -2.21. The minimum Gasteiger partial charge on any atom is -0.494 e. The smallest absolute Gasteiger partial charge is 0.254 e. The van der Waals surface area contributed by atoms with E-state index in [2.05, 4.69) is 28.6 Å². The first-order chi connectivity index (χ1) is 14.6. The molecule has 0 saturated heterocycles. The molecular formula is C23H24N4O3. The van der Waals surface area contributed by atoms with Gasteiger partial charge in [0.15, 0.2) is 11.5 Å². The lowest BCUT2D eigenvalue weighted by molar-refractivity contribution is 0.0963. The van der Waals surface area contributed by atoms with Crippen molar-refractivity contribution in [2.24, 2.45) is 0 Å². The van der Waals surface area contributed by atoms with E-state index < -0.39 is 0 Å². The minimum atomic E-state index is -0.285. The van der Waals surface area contributed by atoms with E-state index in [1.54, 1.807) is 20.2 Å². The highest BCUT2D eigenvalue weighted by Crippen LogP contribution is 2.50. The van der Waals surface area contributed by atoms with Crippen LogP contribution in [-0.4, -0.2) is 25.0 Å². The van der Waals surface area contributed by atoms with Gasteiger partial charge in [0.05, 0.1) is 24.4 Å². The Morgan fingerprint density at radius 1 is 1.40 bits per heavy atom. The Kier molecular flexibility index (Phi) is 6.38. The molecule has 1 aromatic carbocycles. The number of nitriles is 1. The number of aromatic nitrogens is 1. The van der Waals surface area contributed by atoms with Crippen LogP contribution in [0, 0.1) is 11.3 Å². The van der Waals surface area contributed by atoms with Crippen LogP contribution in [0.3, 0.4) is 0 Å². The second kappa shape index (κ2) is 9.14. The van der Waals surface area contributed by atoms with Gasteiger partial charge in [0.1, 0.15) is 17.1 Å². The highest BCUT2D eigenvalue weighted by atomic mass is 16.5. The first-order valence-corrected chi connectivity index (χ1v) is 9.72. The molecule has 0 radical (unpaired) electrons. The van der Waals surface area contributed by atoms with Crippen molar-refractivity contribution in [1.82, 2.24) is 10.3 Å². The molecule has 0 aliphatic carbocycles. The van der Waals surface area contributed by atoms with E-state index in [0.717, 1.165) is 12.0 Å². The summed E-state index contributed by atoms with van der Waals surface area (Å²) in [6.45, 7) is 3.87. The minimum absolute atomic E-state index is 0.285. The molecule has 0 atom stereocenters. The Bertz CT molecular complexity index is 1080. The Hall–Kier alpha value is -3.79.